The predicted octanol–water partition coefficient (Wildman–Crippen LogP) is 5.57. The van der Waals surface area contributed by atoms with Crippen LogP contribution in [0.25, 0.3) is 31.9 Å². The Hall–Kier alpha value is -2.12. The van der Waals surface area contributed by atoms with E-state index in [0.29, 0.717) is 9.75 Å². The summed E-state index contributed by atoms with van der Waals surface area (Å²) < 4.78 is 34.4. The Balaban J connectivity index is 2.09. The van der Waals surface area contributed by atoms with Crippen LogP contribution in [-0.4, -0.2) is 10.3 Å². The van der Waals surface area contributed by atoms with Gasteiger partial charge in [-0.1, -0.05) is 0 Å². The summed E-state index contributed by atoms with van der Waals surface area (Å²) in [5.74, 6) is -1.84. The van der Waals surface area contributed by atoms with E-state index in [1.165, 1.54) is 22.7 Å². The summed E-state index contributed by atoms with van der Waals surface area (Å²) in [5.41, 5.74) is 0.696. The molecule has 3 nitrogen and oxygen atoms in total. The number of fused-ring (bicyclic) bond motifs is 1. The van der Waals surface area contributed by atoms with Crippen LogP contribution in [0.1, 0.15) is 9.75 Å². The molecule has 23 heavy (non-hydrogen) atoms. The van der Waals surface area contributed by atoms with Gasteiger partial charge in [0, 0.05) is 19.5 Å². The maximum atomic E-state index is 14.8. The summed E-state index contributed by atoms with van der Waals surface area (Å²) in [5, 5.41) is 7.64. The Morgan fingerprint density at radius 1 is 0.783 bits per heavy atom. The van der Waals surface area contributed by atoms with Gasteiger partial charge in [0.25, 0.3) is 0 Å². The number of halogens is 2. The molecular formula is C16H10F2N2OS2. The summed E-state index contributed by atoms with van der Waals surface area (Å²) in [4.78, 5) is 3.21. The molecule has 0 saturated heterocycles. The number of benzene rings is 1. The molecular weight excluding hydrogens is 338 g/mol. The molecule has 0 spiro atoms. The number of hydrogen-bond acceptors (Lipinski definition) is 5. The highest BCUT2D eigenvalue weighted by Crippen LogP contribution is 2.42. The fraction of sp³-hybridized carbons (Fsp3) is 0.125. The Labute approximate surface area is 138 Å². The van der Waals surface area contributed by atoms with Crippen LogP contribution in [0.3, 0.4) is 0 Å². The molecule has 3 aromatic heterocycles. The van der Waals surface area contributed by atoms with E-state index in [9.17, 15) is 8.78 Å². The lowest BCUT2D eigenvalue weighted by Gasteiger charge is -2.07. The summed E-state index contributed by atoms with van der Waals surface area (Å²) in [6.45, 7) is 3.81. The fourth-order valence-electron chi connectivity index (χ4n) is 2.53. The second-order valence-electron chi connectivity index (χ2n) is 5.16. The van der Waals surface area contributed by atoms with Crippen molar-refractivity contribution in [3.63, 3.8) is 0 Å². The normalized spacial score (nSPS) is 11.5. The van der Waals surface area contributed by atoms with Gasteiger partial charge in [-0.25, -0.2) is 13.4 Å². The zero-order chi connectivity index (χ0) is 16.1. The monoisotopic (exact) mass is 348 g/mol. The molecule has 4 rings (SSSR count). The molecule has 0 atom stereocenters. The van der Waals surface area contributed by atoms with E-state index in [2.05, 4.69) is 10.3 Å². The SMILES string of the molecule is Cc1ccc(-c2c(F)c(F)c(-c3ccc(C)s3)c3nonc23)s1. The van der Waals surface area contributed by atoms with Crippen LogP contribution in [0, 0.1) is 25.5 Å². The Kier molecular flexibility index (Phi) is 3.28. The second kappa shape index (κ2) is 5.21. The minimum Gasteiger partial charge on any atom is -0.243 e. The molecule has 3 heterocycles. The standard InChI is InChI=1S/C16H10F2N2OS2/c1-7-3-5-9(22-7)11-13(17)14(18)12(10-6-4-8(2)23-10)16-15(11)19-21-20-16/h3-6H,1-2H3. The highest BCUT2D eigenvalue weighted by atomic mass is 32.1. The van der Waals surface area contributed by atoms with Gasteiger partial charge >= 0.3 is 0 Å². The third-order valence-corrected chi connectivity index (χ3v) is 5.60. The van der Waals surface area contributed by atoms with Gasteiger partial charge < -0.3 is 0 Å². The molecule has 7 heteroatoms. The van der Waals surface area contributed by atoms with Gasteiger partial charge in [-0.15, -0.1) is 22.7 Å². The van der Waals surface area contributed by atoms with Crippen molar-refractivity contribution in [2.75, 3.05) is 0 Å². The maximum Gasteiger partial charge on any atom is 0.170 e. The first-order chi connectivity index (χ1) is 11.1. The molecule has 4 aromatic rings. The van der Waals surface area contributed by atoms with Crippen molar-refractivity contribution < 1.29 is 13.4 Å². The Bertz CT molecular complexity index is 952. The van der Waals surface area contributed by atoms with Gasteiger partial charge in [0.2, 0.25) is 0 Å². The largest absolute Gasteiger partial charge is 0.243 e. The van der Waals surface area contributed by atoms with Crippen LogP contribution >= 0.6 is 22.7 Å². The average Bonchev–Trinajstić information content (AvgIpc) is 3.23. The number of aryl methyl sites for hydroxylation is 2. The van der Waals surface area contributed by atoms with Gasteiger partial charge in [-0.05, 0) is 48.4 Å². The van der Waals surface area contributed by atoms with E-state index in [4.69, 9.17) is 4.63 Å². The smallest absolute Gasteiger partial charge is 0.170 e. The van der Waals surface area contributed by atoms with Crippen molar-refractivity contribution in [1.29, 1.82) is 0 Å². The molecule has 116 valence electrons. The zero-order valence-corrected chi connectivity index (χ0v) is 13.8. The van der Waals surface area contributed by atoms with Crippen molar-refractivity contribution >= 4 is 33.7 Å². The average molecular weight is 348 g/mol. The van der Waals surface area contributed by atoms with Crippen LogP contribution in [0.15, 0.2) is 28.9 Å². The highest BCUT2D eigenvalue weighted by molar-refractivity contribution is 7.16. The van der Waals surface area contributed by atoms with E-state index < -0.39 is 11.6 Å². The second-order valence-corrected chi connectivity index (χ2v) is 7.74. The van der Waals surface area contributed by atoms with Gasteiger partial charge in [0.1, 0.15) is 11.0 Å². The molecule has 0 amide bonds. The van der Waals surface area contributed by atoms with Crippen molar-refractivity contribution in [1.82, 2.24) is 10.3 Å². The first-order valence-electron chi connectivity index (χ1n) is 6.83. The predicted molar refractivity (Wildman–Crippen MR) is 87.8 cm³/mol. The van der Waals surface area contributed by atoms with Crippen molar-refractivity contribution in [2.24, 2.45) is 0 Å². The van der Waals surface area contributed by atoms with Crippen LogP contribution in [-0.2, 0) is 0 Å². The van der Waals surface area contributed by atoms with Crippen LogP contribution in [0.4, 0.5) is 8.78 Å². The van der Waals surface area contributed by atoms with E-state index >= 15 is 0 Å². The van der Waals surface area contributed by atoms with Crippen molar-refractivity contribution in [2.45, 2.75) is 13.8 Å². The molecule has 0 saturated carbocycles. The lowest BCUT2D eigenvalue weighted by atomic mass is 10.0. The summed E-state index contributed by atoms with van der Waals surface area (Å²) >= 11 is 2.75. The number of nitrogens with zero attached hydrogens (tertiary/aromatic N) is 2. The first-order valence-corrected chi connectivity index (χ1v) is 8.46. The molecule has 1 aromatic carbocycles. The number of hydrogen-bond donors (Lipinski definition) is 0. The quantitative estimate of drug-likeness (QED) is 0.475. The van der Waals surface area contributed by atoms with Crippen LogP contribution < -0.4 is 0 Å². The molecule has 0 fully saturated rings. The topological polar surface area (TPSA) is 38.9 Å². The molecule has 0 aliphatic heterocycles. The number of thiophene rings is 2. The van der Waals surface area contributed by atoms with Gasteiger partial charge in [0.05, 0.1) is 11.1 Å². The van der Waals surface area contributed by atoms with E-state index in [1.807, 2.05) is 26.0 Å². The molecule has 0 aliphatic carbocycles. The highest BCUT2D eigenvalue weighted by Gasteiger charge is 2.26. The minimum atomic E-state index is -0.920. The van der Waals surface area contributed by atoms with Gasteiger partial charge in [0.15, 0.2) is 11.6 Å². The lowest BCUT2D eigenvalue weighted by Crippen LogP contribution is -1.95. The summed E-state index contributed by atoms with van der Waals surface area (Å²) in [7, 11) is 0. The number of rotatable bonds is 2. The van der Waals surface area contributed by atoms with E-state index in [1.54, 1.807) is 12.1 Å². The third-order valence-electron chi connectivity index (χ3n) is 3.57. The van der Waals surface area contributed by atoms with Crippen LogP contribution in [0.5, 0.6) is 0 Å². The number of aromatic nitrogens is 2. The first kappa shape index (κ1) is 14.5. The third kappa shape index (κ3) is 2.19. The summed E-state index contributed by atoms with van der Waals surface area (Å²) in [6, 6.07) is 7.21. The molecule has 0 N–H and O–H groups in total. The Morgan fingerprint density at radius 3 is 1.57 bits per heavy atom. The molecule has 0 aliphatic rings. The van der Waals surface area contributed by atoms with Crippen molar-refractivity contribution in [3.8, 4) is 20.9 Å². The maximum absolute atomic E-state index is 14.8. The van der Waals surface area contributed by atoms with Crippen LogP contribution in [0.2, 0.25) is 0 Å². The Morgan fingerprint density at radius 2 is 1.22 bits per heavy atom. The zero-order valence-electron chi connectivity index (χ0n) is 12.2. The fourth-order valence-corrected chi connectivity index (χ4v) is 4.35. The van der Waals surface area contributed by atoms with Gasteiger partial charge in [-0.2, -0.15) is 0 Å². The lowest BCUT2D eigenvalue weighted by molar-refractivity contribution is 0.315. The molecule has 0 bridgehead atoms. The minimum absolute atomic E-state index is 0.105. The van der Waals surface area contributed by atoms with E-state index in [0.717, 1.165) is 9.75 Å². The van der Waals surface area contributed by atoms with E-state index in [-0.39, 0.29) is 22.2 Å². The van der Waals surface area contributed by atoms with Gasteiger partial charge in [-0.3, -0.25) is 0 Å². The summed E-state index contributed by atoms with van der Waals surface area (Å²) in [6.07, 6.45) is 0. The molecule has 0 radical (unpaired) electrons. The van der Waals surface area contributed by atoms with Crippen molar-refractivity contribution in [3.05, 3.63) is 45.7 Å². The molecule has 0 unspecified atom stereocenters.